The van der Waals surface area contributed by atoms with Gasteiger partial charge in [0.1, 0.15) is 5.82 Å². The maximum Gasteiger partial charge on any atom is 0.133 e. The Hall–Kier alpha value is -2.07. The summed E-state index contributed by atoms with van der Waals surface area (Å²) in [5.41, 5.74) is 7.30. The van der Waals surface area contributed by atoms with Crippen molar-refractivity contribution in [2.45, 2.75) is 33.1 Å². The van der Waals surface area contributed by atoms with Crippen molar-refractivity contribution in [2.24, 2.45) is 0 Å². The van der Waals surface area contributed by atoms with Crippen LogP contribution >= 0.6 is 15.9 Å². The Morgan fingerprint density at radius 2 is 1.92 bits per heavy atom. The molecule has 1 aliphatic heterocycles. The summed E-state index contributed by atoms with van der Waals surface area (Å²) in [5.74, 6) is 1.15. The second-order valence-electron chi connectivity index (χ2n) is 6.75. The molecule has 0 unspecified atom stereocenters. The SMILES string of the molecule is Cc1ccc(-n2nc(-c3cccc(Br)c3)c3c2NCCCC3)cc1C. The van der Waals surface area contributed by atoms with E-state index in [2.05, 4.69) is 82.2 Å². The molecule has 0 amide bonds. The highest BCUT2D eigenvalue weighted by Gasteiger charge is 2.21. The lowest BCUT2D eigenvalue weighted by atomic mass is 10.0. The smallest absolute Gasteiger partial charge is 0.133 e. The molecule has 2 aromatic carbocycles. The summed E-state index contributed by atoms with van der Waals surface area (Å²) in [6.07, 6.45) is 3.45. The number of nitrogens with zero attached hydrogens (tertiary/aromatic N) is 2. The van der Waals surface area contributed by atoms with Gasteiger partial charge in [0, 0.05) is 22.1 Å². The minimum Gasteiger partial charge on any atom is -0.370 e. The summed E-state index contributed by atoms with van der Waals surface area (Å²) in [7, 11) is 0. The quantitative estimate of drug-likeness (QED) is 0.605. The normalized spacial score (nSPS) is 13.9. The molecule has 0 aliphatic carbocycles. The molecular weight excluding hydrogens is 374 g/mol. The molecule has 3 nitrogen and oxygen atoms in total. The Morgan fingerprint density at radius 1 is 1.04 bits per heavy atom. The molecular formula is C21H22BrN3. The van der Waals surface area contributed by atoms with Gasteiger partial charge in [-0.1, -0.05) is 34.1 Å². The van der Waals surface area contributed by atoms with Crippen LogP contribution in [-0.4, -0.2) is 16.3 Å². The lowest BCUT2D eigenvalue weighted by molar-refractivity contribution is 0.780. The Balaban J connectivity index is 1.91. The zero-order chi connectivity index (χ0) is 17.4. The number of halogens is 1. The van der Waals surface area contributed by atoms with Gasteiger partial charge in [0.2, 0.25) is 0 Å². The van der Waals surface area contributed by atoms with Gasteiger partial charge in [0.25, 0.3) is 0 Å². The molecule has 4 rings (SSSR count). The fourth-order valence-electron chi connectivity index (χ4n) is 3.41. The van der Waals surface area contributed by atoms with E-state index < -0.39 is 0 Å². The van der Waals surface area contributed by atoms with Crippen molar-refractivity contribution < 1.29 is 0 Å². The second kappa shape index (κ2) is 6.68. The standard InChI is InChI=1S/C21H22BrN3/c1-14-9-10-18(12-15(14)2)25-21-19(8-3-4-11-23-21)20(24-25)16-6-5-7-17(22)13-16/h5-7,9-10,12-13,23H,3-4,8,11H2,1-2H3. The maximum atomic E-state index is 5.02. The molecule has 1 N–H and O–H groups in total. The van der Waals surface area contributed by atoms with Gasteiger partial charge < -0.3 is 5.32 Å². The molecule has 3 aromatic rings. The van der Waals surface area contributed by atoms with Gasteiger partial charge in [-0.15, -0.1) is 0 Å². The topological polar surface area (TPSA) is 29.9 Å². The maximum absolute atomic E-state index is 5.02. The molecule has 1 aliphatic rings. The predicted octanol–water partition coefficient (Wildman–Crippen LogP) is 5.67. The number of fused-ring (bicyclic) bond motifs is 1. The number of aryl methyl sites for hydroxylation is 2. The first kappa shape index (κ1) is 16.4. The third kappa shape index (κ3) is 3.11. The summed E-state index contributed by atoms with van der Waals surface area (Å²) in [6.45, 7) is 5.30. The van der Waals surface area contributed by atoms with Crippen LogP contribution in [0.4, 0.5) is 5.82 Å². The Bertz CT molecular complexity index is 927. The summed E-state index contributed by atoms with van der Waals surface area (Å²) in [6, 6.07) is 15.0. The third-order valence-electron chi connectivity index (χ3n) is 4.96. The van der Waals surface area contributed by atoms with E-state index in [9.17, 15) is 0 Å². The van der Waals surface area contributed by atoms with Crippen molar-refractivity contribution in [3.63, 3.8) is 0 Å². The van der Waals surface area contributed by atoms with E-state index in [4.69, 9.17) is 5.10 Å². The molecule has 0 bridgehead atoms. The van der Waals surface area contributed by atoms with E-state index in [0.717, 1.165) is 40.2 Å². The van der Waals surface area contributed by atoms with Crippen LogP contribution in [0.15, 0.2) is 46.9 Å². The lowest BCUT2D eigenvalue weighted by Gasteiger charge is -2.10. The first-order valence-electron chi connectivity index (χ1n) is 8.83. The van der Waals surface area contributed by atoms with Gasteiger partial charge in [0.15, 0.2) is 0 Å². The molecule has 1 aromatic heterocycles. The first-order valence-corrected chi connectivity index (χ1v) is 9.62. The summed E-state index contributed by atoms with van der Waals surface area (Å²) in [5, 5.41) is 8.64. The van der Waals surface area contributed by atoms with Crippen LogP contribution < -0.4 is 5.32 Å². The highest BCUT2D eigenvalue weighted by molar-refractivity contribution is 9.10. The van der Waals surface area contributed by atoms with E-state index in [1.807, 2.05) is 0 Å². The largest absolute Gasteiger partial charge is 0.370 e. The van der Waals surface area contributed by atoms with Crippen LogP contribution in [0.1, 0.15) is 29.5 Å². The van der Waals surface area contributed by atoms with Crippen molar-refractivity contribution in [1.82, 2.24) is 9.78 Å². The minimum atomic E-state index is 1.00. The van der Waals surface area contributed by atoms with Crippen LogP contribution in [-0.2, 0) is 6.42 Å². The molecule has 0 radical (unpaired) electrons. The van der Waals surface area contributed by atoms with Gasteiger partial charge in [-0.2, -0.15) is 5.10 Å². The first-order chi connectivity index (χ1) is 12.1. The molecule has 0 fully saturated rings. The number of aromatic nitrogens is 2. The van der Waals surface area contributed by atoms with Crippen molar-refractivity contribution in [3.8, 4) is 16.9 Å². The predicted molar refractivity (Wildman–Crippen MR) is 108 cm³/mol. The highest BCUT2D eigenvalue weighted by Crippen LogP contribution is 2.35. The number of rotatable bonds is 2. The third-order valence-corrected chi connectivity index (χ3v) is 5.46. The Labute approximate surface area is 157 Å². The van der Waals surface area contributed by atoms with Crippen LogP contribution in [0.2, 0.25) is 0 Å². The number of hydrogen-bond acceptors (Lipinski definition) is 2. The zero-order valence-electron chi connectivity index (χ0n) is 14.6. The van der Waals surface area contributed by atoms with Gasteiger partial charge in [-0.25, -0.2) is 4.68 Å². The number of nitrogens with one attached hydrogen (secondary N) is 1. The van der Waals surface area contributed by atoms with E-state index >= 15 is 0 Å². The molecule has 0 saturated carbocycles. The number of benzene rings is 2. The summed E-state index contributed by atoms with van der Waals surface area (Å²) >= 11 is 3.59. The molecule has 4 heteroatoms. The van der Waals surface area contributed by atoms with E-state index in [1.54, 1.807) is 0 Å². The molecule has 2 heterocycles. The average molecular weight is 396 g/mol. The van der Waals surface area contributed by atoms with Crippen molar-refractivity contribution in [3.05, 3.63) is 63.6 Å². The summed E-state index contributed by atoms with van der Waals surface area (Å²) < 4.78 is 3.17. The monoisotopic (exact) mass is 395 g/mol. The van der Waals surface area contributed by atoms with Gasteiger partial charge in [-0.3, -0.25) is 0 Å². The highest BCUT2D eigenvalue weighted by atomic mass is 79.9. The zero-order valence-corrected chi connectivity index (χ0v) is 16.2. The summed E-state index contributed by atoms with van der Waals surface area (Å²) in [4.78, 5) is 0. The van der Waals surface area contributed by atoms with Crippen LogP contribution in [0.5, 0.6) is 0 Å². The van der Waals surface area contributed by atoms with E-state index in [1.165, 1.54) is 29.5 Å². The lowest BCUT2D eigenvalue weighted by Crippen LogP contribution is -2.07. The average Bonchev–Trinajstić information content (AvgIpc) is 2.79. The Morgan fingerprint density at radius 3 is 2.72 bits per heavy atom. The Kier molecular flexibility index (Phi) is 4.38. The molecule has 0 saturated heterocycles. The van der Waals surface area contributed by atoms with Gasteiger partial charge in [-0.05, 0) is 68.5 Å². The van der Waals surface area contributed by atoms with Crippen LogP contribution in [0.25, 0.3) is 16.9 Å². The van der Waals surface area contributed by atoms with Crippen LogP contribution in [0, 0.1) is 13.8 Å². The van der Waals surface area contributed by atoms with Crippen LogP contribution in [0.3, 0.4) is 0 Å². The molecule has 0 atom stereocenters. The van der Waals surface area contributed by atoms with Crippen molar-refractivity contribution in [2.75, 3.05) is 11.9 Å². The minimum absolute atomic E-state index is 1.00. The second-order valence-corrected chi connectivity index (χ2v) is 7.67. The molecule has 0 spiro atoms. The fourth-order valence-corrected chi connectivity index (χ4v) is 3.81. The number of anilines is 1. The van der Waals surface area contributed by atoms with Crippen molar-refractivity contribution >= 4 is 21.7 Å². The van der Waals surface area contributed by atoms with Crippen molar-refractivity contribution in [1.29, 1.82) is 0 Å². The van der Waals surface area contributed by atoms with Gasteiger partial charge >= 0.3 is 0 Å². The fraction of sp³-hybridized carbons (Fsp3) is 0.286. The van der Waals surface area contributed by atoms with E-state index in [0.29, 0.717) is 0 Å². The molecule has 25 heavy (non-hydrogen) atoms. The number of hydrogen-bond donors (Lipinski definition) is 1. The molecule has 128 valence electrons. The van der Waals surface area contributed by atoms with E-state index in [-0.39, 0.29) is 0 Å². The van der Waals surface area contributed by atoms with Gasteiger partial charge in [0.05, 0.1) is 11.4 Å².